The van der Waals surface area contributed by atoms with Crippen LogP contribution in [0.5, 0.6) is 0 Å². The smallest absolute Gasteiger partial charge is 0.308 e. The number of amides is 1. The van der Waals surface area contributed by atoms with Crippen molar-refractivity contribution in [1.82, 2.24) is 4.90 Å². The molecule has 0 aromatic heterocycles. The van der Waals surface area contributed by atoms with Crippen molar-refractivity contribution in [2.45, 2.75) is 38.5 Å². The minimum absolute atomic E-state index is 0.135. The standard InChI is InChI=1S/C18H23NO3/c20-17(19-9-3-6-16(12-19)18(21)22)11-13-7-8-14-4-1-2-5-15(14)10-13/h1-2,4-5,13,16H,3,6-12H2,(H,21,22)/t13-,16+/m1/s1. The van der Waals surface area contributed by atoms with Gasteiger partial charge in [-0.05, 0) is 49.1 Å². The Morgan fingerprint density at radius 3 is 2.73 bits per heavy atom. The summed E-state index contributed by atoms with van der Waals surface area (Å²) in [5.41, 5.74) is 2.78. The van der Waals surface area contributed by atoms with Gasteiger partial charge in [-0.1, -0.05) is 24.3 Å². The van der Waals surface area contributed by atoms with Gasteiger partial charge in [0.25, 0.3) is 0 Å². The van der Waals surface area contributed by atoms with Gasteiger partial charge in [-0.3, -0.25) is 9.59 Å². The first-order chi connectivity index (χ1) is 10.6. The van der Waals surface area contributed by atoms with E-state index in [0.717, 1.165) is 25.7 Å². The number of carbonyl (C=O) groups excluding carboxylic acids is 1. The number of carboxylic acids is 1. The number of benzene rings is 1. The normalized spacial score (nSPS) is 24.6. The lowest BCUT2D eigenvalue weighted by molar-refractivity contribution is -0.145. The number of hydrogen-bond acceptors (Lipinski definition) is 2. The lowest BCUT2D eigenvalue weighted by Crippen LogP contribution is -2.43. The van der Waals surface area contributed by atoms with Crippen LogP contribution in [0.15, 0.2) is 24.3 Å². The average Bonchev–Trinajstić information content (AvgIpc) is 2.55. The molecule has 2 aliphatic rings. The third kappa shape index (κ3) is 3.32. The molecule has 118 valence electrons. The number of carboxylic acid groups (broad SMARTS) is 1. The molecule has 0 saturated carbocycles. The quantitative estimate of drug-likeness (QED) is 0.933. The number of hydrogen-bond donors (Lipinski definition) is 1. The van der Waals surface area contributed by atoms with E-state index in [1.54, 1.807) is 4.90 Å². The van der Waals surface area contributed by atoms with Crippen molar-refractivity contribution >= 4 is 11.9 Å². The topological polar surface area (TPSA) is 57.6 Å². The summed E-state index contributed by atoms with van der Waals surface area (Å²) in [6.45, 7) is 1.10. The maximum atomic E-state index is 12.5. The summed E-state index contributed by atoms with van der Waals surface area (Å²) >= 11 is 0. The molecule has 1 aliphatic carbocycles. The van der Waals surface area contributed by atoms with Crippen molar-refractivity contribution in [3.8, 4) is 0 Å². The highest BCUT2D eigenvalue weighted by Crippen LogP contribution is 2.28. The number of fused-ring (bicyclic) bond motifs is 1. The highest BCUT2D eigenvalue weighted by molar-refractivity contribution is 5.78. The second-order valence-corrected chi connectivity index (χ2v) is 6.60. The predicted octanol–water partition coefficient (Wildman–Crippen LogP) is 2.50. The number of likely N-dealkylation sites (tertiary alicyclic amines) is 1. The SMILES string of the molecule is O=C(O)[C@H]1CCCN(C(=O)C[C@@H]2CCc3ccccc3C2)C1. The Kier molecular flexibility index (Phi) is 4.46. The van der Waals surface area contributed by atoms with Gasteiger partial charge in [0, 0.05) is 19.5 Å². The van der Waals surface area contributed by atoms with Gasteiger partial charge < -0.3 is 10.0 Å². The van der Waals surface area contributed by atoms with E-state index in [-0.39, 0.29) is 11.8 Å². The molecular formula is C18H23NO3. The molecule has 0 unspecified atom stereocenters. The lowest BCUT2D eigenvalue weighted by atomic mass is 9.82. The lowest BCUT2D eigenvalue weighted by Gasteiger charge is -2.32. The Balaban J connectivity index is 1.57. The summed E-state index contributed by atoms with van der Waals surface area (Å²) < 4.78 is 0. The second-order valence-electron chi connectivity index (χ2n) is 6.60. The van der Waals surface area contributed by atoms with Gasteiger partial charge in [0.15, 0.2) is 0 Å². The Labute approximate surface area is 131 Å². The van der Waals surface area contributed by atoms with E-state index in [1.165, 1.54) is 11.1 Å². The zero-order valence-corrected chi connectivity index (χ0v) is 12.8. The van der Waals surface area contributed by atoms with Crippen molar-refractivity contribution < 1.29 is 14.7 Å². The van der Waals surface area contributed by atoms with Crippen LogP contribution in [-0.4, -0.2) is 35.0 Å². The summed E-state index contributed by atoms with van der Waals surface area (Å²) in [4.78, 5) is 25.4. The Bertz CT molecular complexity index is 569. The molecule has 1 aromatic rings. The fraction of sp³-hybridized carbons (Fsp3) is 0.556. The minimum atomic E-state index is -0.774. The highest BCUT2D eigenvalue weighted by atomic mass is 16.4. The Morgan fingerprint density at radius 2 is 1.95 bits per heavy atom. The molecule has 22 heavy (non-hydrogen) atoms. The van der Waals surface area contributed by atoms with Crippen molar-refractivity contribution in [1.29, 1.82) is 0 Å². The number of piperidine rings is 1. The van der Waals surface area contributed by atoms with Gasteiger partial charge in [0.05, 0.1) is 5.92 Å². The van der Waals surface area contributed by atoms with Gasteiger partial charge in [-0.25, -0.2) is 0 Å². The zero-order valence-electron chi connectivity index (χ0n) is 12.8. The fourth-order valence-corrected chi connectivity index (χ4v) is 3.73. The van der Waals surface area contributed by atoms with Crippen molar-refractivity contribution in [3.63, 3.8) is 0 Å². The summed E-state index contributed by atoms with van der Waals surface area (Å²) in [6, 6.07) is 8.47. The number of nitrogens with zero attached hydrogens (tertiary/aromatic N) is 1. The molecule has 1 saturated heterocycles. The van der Waals surface area contributed by atoms with Crippen LogP contribution < -0.4 is 0 Å². The zero-order chi connectivity index (χ0) is 15.5. The van der Waals surface area contributed by atoms with E-state index in [1.807, 2.05) is 0 Å². The van der Waals surface area contributed by atoms with Gasteiger partial charge in [0.2, 0.25) is 5.91 Å². The number of aliphatic carboxylic acids is 1. The van der Waals surface area contributed by atoms with Gasteiger partial charge in [0.1, 0.15) is 0 Å². The van der Waals surface area contributed by atoms with E-state index in [2.05, 4.69) is 24.3 Å². The average molecular weight is 301 g/mol. The van der Waals surface area contributed by atoms with Crippen molar-refractivity contribution in [2.75, 3.05) is 13.1 Å². The summed E-state index contributed by atoms with van der Waals surface area (Å²) in [5, 5.41) is 9.13. The van der Waals surface area contributed by atoms with Gasteiger partial charge in [-0.2, -0.15) is 0 Å². The van der Waals surface area contributed by atoms with Crippen LogP contribution in [-0.2, 0) is 22.4 Å². The minimum Gasteiger partial charge on any atom is -0.481 e. The third-order valence-electron chi connectivity index (χ3n) is 5.04. The third-order valence-corrected chi connectivity index (χ3v) is 5.04. The first-order valence-electron chi connectivity index (χ1n) is 8.21. The van der Waals surface area contributed by atoms with Crippen LogP contribution in [0.4, 0.5) is 0 Å². The van der Waals surface area contributed by atoms with Crippen LogP contribution in [0, 0.1) is 11.8 Å². The van der Waals surface area contributed by atoms with Crippen LogP contribution >= 0.6 is 0 Å². The first-order valence-corrected chi connectivity index (χ1v) is 8.21. The van der Waals surface area contributed by atoms with E-state index >= 15 is 0 Å². The van der Waals surface area contributed by atoms with Crippen molar-refractivity contribution in [2.24, 2.45) is 11.8 Å². The molecule has 0 radical (unpaired) electrons. The molecule has 4 heteroatoms. The van der Waals surface area contributed by atoms with Crippen LogP contribution in [0.25, 0.3) is 0 Å². The van der Waals surface area contributed by atoms with E-state index in [9.17, 15) is 9.59 Å². The Hall–Kier alpha value is -1.84. The summed E-state index contributed by atoms with van der Waals surface area (Å²) in [5.74, 6) is -0.628. The monoisotopic (exact) mass is 301 g/mol. The number of aryl methyl sites for hydroxylation is 1. The van der Waals surface area contributed by atoms with Gasteiger partial charge >= 0.3 is 5.97 Å². The number of carbonyl (C=O) groups is 2. The predicted molar refractivity (Wildman–Crippen MR) is 83.5 cm³/mol. The first kappa shape index (κ1) is 15.1. The molecule has 4 nitrogen and oxygen atoms in total. The Morgan fingerprint density at radius 1 is 1.18 bits per heavy atom. The molecule has 1 heterocycles. The van der Waals surface area contributed by atoms with E-state index in [0.29, 0.717) is 31.8 Å². The van der Waals surface area contributed by atoms with Crippen molar-refractivity contribution in [3.05, 3.63) is 35.4 Å². The van der Waals surface area contributed by atoms with Crippen LogP contribution in [0.1, 0.15) is 36.8 Å². The molecule has 2 atom stereocenters. The maximum absolute atomic E-state index is 12.5. The molecule has 1 fully saturated rings. The van der Waals surface area contributed by atoms with E-state index in [4.69, 9.17) is 5.11 Å². The largest absolute Gasteiger partial charge is 0.481 e. The molecule has 1 aromatic carbocycles. The maximum Gasteiger partial charge on any atom is 0.308 e. The molecule has 1 N–H and O–H groups in total. The summed E-state index contributed by atoms with van der Waals surface area (Å²) in [7, 11) is 0. The molecule has 1 aliphatic heterocycles. The molecule has 0 bridgehead atoms. The fourth-order valence-electron chi connectivity index (χ4n) is 3.73. The van der Waals surface area contributed by atoms with Crippen LogP contribution in [0.2, 0.25) is 0 Å². The van der Waals surface area contributed by atoms with E-state index < -0.39 is 5.97 Å². The highest BCUT2D eigenvalue weighted by Gasteiger charge is 2.29. The molecule has 1 amide bonds. The molecule has 3 rings (SSSR count). The molecule has 0 spiro atoms. The molecular weight excluding hydrogens is 278 g/mol. The van der Waals surface area contributed by atoms with Crippen LogP contribution in [0.3, 0.4) is 0 Å². The second kappa shape index (κ2) is 6.51. The number of rotatable bonds is 3. The summed E-state index contributed by atoms with van der Waals surface area (Å²) in [6.07, 6.45) is 5.12. The van der Waals surface area contributed by atoms with Gasteiger partial charge in [-0.15, -0.1) is 0 Å².